The summed E-state index contributed by atoms with van der Waals surface area (Å²) in [6.45, 7) is 7.06. The lowest BCUT2D eigenvalue weighted by Crippen LogP contribution is -2.05. The van der Waals surface area contributed by atoms with Crippen molar-refractivity contribution in [1.82, 2.24) is 15.1 Å². The molecule has 0 saturated carbocycles. The maximum absolute atomic E-state index is 6.31. The number of benzene rings is 1. The van der Waals surface area contributed by atoms with Gasteiger partial charge in [-0.25, -0.2) is 0 Å². The minimum Gasteiger partial charge on any atom is -0.316 e. The molecule has 2 rings (SSSR count). The van der Waals surface area contributed by atoms with Crippen molar-refractivity contribution in [2.75, 3.05) is 7.05 Å². The molecule has 4 heteroatoms. The quantitative estimate of drug-likeness (QED) is 0.921. The minimum absolute atomic E-state index is 0.367. The van der Waals surface area contributed by atoms with Gasteiger partial charge in [0.1, 0.15) is 0 Å². The number of hydrogen-bond acceptors (Lipinski definition) is 2. The molecule has 0 unspecified atom stereocenters. The van der Waals surface area contributed by atoms with Crippen LogP contribution < -0.4 is 5.32 Å². The third-order valence-corrected chi connectivity index (χ3v) is 3.53. The SMILES string of the molecule is CNCc1ccc(-c2cn(C(C)C)nc2C)cc1Cl. The molecule has 0 aliphatic heterocycles. The van der Waals surface area contributed by atoms with Gasteiger partial charge in [0, 0.05) is 29.4 Å². The van der Waals surface area contributed by atoms with E-state index in [1.807, 2.05) is 24.7 Å². The van der Waals surface area contributed by atoms with Crippen molar-refractivity contribution in [3.8, 4) is 11.1 Å². The fourth-order valence-electron chi connectivity index (χ4n) is 2.08. The van der Waals surface area contributed by atoms with E-state index >= 15 is 0 Å². The smallest absolute Gasteiger partial charge is 0.0672 e. The van der Waals surface area contributed by atoms with Gasteiger partial charge < -0.3 is 5.32 Å². The zero-order valence-corrected chi connectivity index (χ0v) is 12.6. The molecular weight excluding hydrogens is 258 g/mol. The van der Waals surface area contributed by atoms with Crippen LogP contribution in [0.1, 0.15) is 31.1 Å². The van der Waals surface area contributed by atoms with E-state index in [2.05, 4.69) is 42.6 Å². The molecule has 1 aromatic heterocycles. The van der Waals surface area contributed by atoms with Gasteiger partial charge in [-0.15, -0.1) is 0 Å². The molecule has 0 spiro atoms. The molecule has 0 amide bonds. The summed E-state index contributed by atoms with van der Waals surface area (Å²) in [4.78, 5) is 0. The average molecular weight is 278 g/mol. The van der Waals surface area contributed by atoms with Gasteiger partial charge in [0.2, 0.25) is 0 Å². The van der Waals surface area contributed by atoms with Gasteiger partial charge in [-0.05, 0) is 45.0 Å². The Balaban J connectivity index is 2.39. The molecule has 0 bridgehead atoms. The standard InChI is InChI=1S/C15H20ClN3/c1-10(2)19-9-14(11(3)18-19)12-5-6-13(8-17-4)15(16)7-12/h5-7,9-10,17H,8H2,1-4H3. The monoisotopic (exact) mass is 277 g/mol. The zero-order valence-electron chi connectivity index (χ0n) is 11.9. The molecule has 0 saturated heterocycles. The highest BCUT2D eigenvalue weighted by molar-refractivity contribution is 6.31. The average Bonchev–Trinajstić information content (AvgIpc) is 2.74. The maximum atomic E-state index is 6.31. The van der Waals surface area contributed by atoms with Gasteiger partial charge in [0.05, 0.1) is 5.69 Å². The predicted octanol–water partition coefficient (Wildman–Crippen LogP) is 3.81. The van der Waals surface area contributed by atoms with Crippen molar-refractivity contribution in [2.24, 2.45) is 0 Å². The van der Waals surface area contributed by atoms with Crippen LogP contribution in [0.3, 0.4) is 0 Å². The number of aromatic nitrogens is 2. The first-order valence-corrected chi connectivity index (χ1v) is 6.90. The second-order valence-electron chi connectivity index (χ2n) is 5.04. The molecule has 1 N–H and O–H groups in total. The van der Waals surface area contributed by atoms with Crippen LogP contribution >= 0.6 is 11.6 Å². The van der Waals surface area contributed by atoms with Gasteiger partial charge in [0.25, 0.3) is 0 Å². The third-order valence-electron chi connectivity index (χ3n) is 3.18. The van der Waals surface area contributed by atoms with Crippen LogP contribution in [-0.2, 0) is 6.54 Å². The summed E-state index contributed by atoms with van der Waals surface area (Å²) in [5.41, 5.74) is 4.41. The van der Waals surface area contributed by atoms with Crippen LogP contribution in [0, 0.1) is 6.92 Å². The molecule has 2 aromatic rings. The molecule has 0 atom stereocenters. The number of hydrogen-bond donors (Lipinski definition) is 1. The summed E-state index contributed by atoms with van der Waals surface area (Å²) in [6.07, 6.45) is 2.09. The van der Waals surface area contributed by atoms with E-state index in [1.54, 1.807) is 0 Å². The number of nitrogens with one attached hydrogen (secondary N) is 1. The van der Waals surface area contributed by atoms with Gasteiger partial charge in [-0.2, -0.15) is 5.10 Å². The molecule has 19 heavy (non-hydrogen) atoms. The minimum atomic E-state index is 0.367. The highest BCUT2D eigenvalue weighted by Gasteiger charge is 2.10. The van der Waals surface area contributed by atoms with E-state index in [9.17, 15) is 0 Å². The lowest BCUT2D eigenvalue weighted by molar-refractivity contribution is 0.529. The molecule has 0 radical (unpaired) electrons. The summed E-state index contributed by atoms with van der Waals surface area (Å²) in [7, 11) is 1.92. The van der Waals surface area contributed by atoms with Crippen LogP contribution in [-0.4, -0.2) is 16.8 Å². The summed E-state index contributed by atoms with van der Waals surface area (Å²) < 4.78 is 1.99. The van der Waals surface area contributed by atoms with Gasteiger partial charge in [-0.1, -0.05) is 23.7 Å². The molecule has 1 aromatic carbocycles. The third kappa shape index (κ3) is 2.99. The Labute approximate surface area is 119 Å². The highest BCUT2D eigenvalue weighted by Crippen LogP contribution is 2.28. The first-order chi connectivity index (χ1) is 9.02. The number of aryl methyl sites for hydroxylation is 1. The molecule has 3 nitrogen and oxygen atoms in total. The fourth-order valence-corrected chi connectivity index (χ4v) is 2.33. The summed E-state index contributed by atoms with van der Waals surface area (Å²) >= 11 is 6.31. The topological polar surface area (TPSA) is 29.9 Å². The van der Waals surface area contributed by atoms with E-state index in [4.69, 9.17) is 11.6 Å². The van der Waals surface area contributed by atoms with Crippen LogP contribution in [0.4, 0.5) is 0 Å². The van der Waals surface area contributed by atoms with Crippen molar-refractivity contribution in [1.29, 1.82) is 0 Å². The molecule has 0 aliphatic rings. The van der Waals surface area contributed by atoms with E-state index in [1.165, 1.54) is 0 Å². The molecule has 1 heterocycles. The Hall–Kier alpha value is -1.32. The number of halogens is 1. The highest BCUT2D eigenvalue weighted by atomic mass is 35.5. The van der Waals surface area contributed by atoms with Crippen molar-refractivity contribution in [2.45, 2.75) is 33.4 Å². The summed E-state index contributed by atoms with van der Waals surface area (Å²) in [5, 5.41) is 8.44. The molecular formula is C15H20ClN3. The van der Waals surface area contributed by atoms with E-state index in [0.717, 1.165) is 34.0 Å². The number of rotatable bonds is 4. The largest absolute Gasteiger partial charge is 0.316 e. The summed E-state index contributed by atoms with van der Waals surface area (Å²) in [5.74, 6) is 0. The fraction of sp³-hybridized carbons (Fsp3) is 0.400. The Morgan fingerprint density at radius 1 is 1.37 bits per heavy atom. The second-order valence-corrected chi connectivity index (χ2v) is 5.45. The van der Waals surface area contributed by atoms with Crippen molar-refractivity contribution >= 4 is 11.6 Å². The van der Waals surface area contributed by atoms with Gasteiger partial charge >= 0.3 is 0 Å². The van der Waals surface area contributed by atoms with Crippen LogP contribution in [0.5, 0.6) is 0 Å². The van der Waals surface area contributed by atoms with E-state index < -0.39 is 0 Å². The zero-order chi connectivity index (χ0) is 14.0. The van der Waals surface area contributed by atoms with Gasteiger partial charge in [-0.3, -0.25) is 4.68 Å². The Kier molecular flexibility index (Phi) is 4.27. The Morgan fingerprint density at radius 2 is 2.11 bits per heavy atom. The first kappa shape index (κ1) is 14.1. The van der Waals surface area contributed by atoms with Crippen molar-refractivity contribution < 1.29 is 0 Å². The van der Waals surface area contributed by atoms with Crippen LogP contribution in [0.2, 0.25) is 5.02 Å². The lowest BCUT2D eigenvalue weighted by Gasteiger charge is -2.06. The summed E-state index contributed by atoms with van der Waals surface area (Å²) in [6, 6.07) is 6.56. The first-order valence-electron chi connectivity index (χ1n) is 6.52. The van der Waals surface area contributed by atoms with Crippen LogP contribution in [0.25, 0.3) is 11.1 Å². The van der Waals surface area contributed by atoms with Crippen molar-refractivity contribution in [3.63, 3.8) is 0 Å². The second kappa shape index (κ2) is 5.76. The van der Waals surface area contributed by atoms with Gasteiger partial charge in [0.15, 0.2) is 0 Å². The Bertz CT molecular complexity index is 573. The molecule has 102 valence electrons. The van der Waals surface area contributed by atoms with E-state index in [0.29, 0.717) is 6.04 Å². The molecule has 0 fully saturated rings. The maximum Gasteiger partial charge on any atom is 0.0672 e. The van der Waals surface area contributed by atoms with Crippen LogP contribution in [0.15, 0.2) is 24.4 Å². The normalized spacial score (nSPS) is 11.3. The predicted molar refractivity (Wildman–Crippen MR) is 80.6 cm³/mol. The van der Waals surface area contributed by atoms with Crippen molar-refractivity contribution in [3.05, 3.63) is 40.7 Å². The lowest BCUT2D eigenvalue weighted by atomic mass is 10.0. The number of nitrogens with zero attached hydrogens (tertiary/aromatic N) is 2. The molecule has 0 aliphatic carbocycles. The Morgan fingerprint density at radius 3 is 2.63 bits per heavy atom. The van der Waals surface area contributed by atoms with E-state index in [-0.39, 0.29) is 0 Å².